The molecule has 0 aromatic carbocycles. The van der Waals surface area contributed by atoms with Crippen LogP contribution in [0.1, 0.15) is 12.8 Å². The highest BCUT2D eigenvalue weighted by Crippen LogP contribution is 2.05. The summed E-state index contributed by atoms with van der Waals surface area (Å²) in [5.41, 5.74) is 1.99. The summed E-state index contributed by atoms with van der Waals surface area (Å²) in [6.45, 7) is 0. The molecule has 1 atom stereocenters. The fourth-order valence-electron chi connectivity index (χ4n) is 0.521. The first-order chi connectivity index (χ1) is 4.72. The summed E-state index contributed by atoms with van der Waals surface area (Å²) in [6.07, 6.45) is 2.95. The van der Waals surface area contributed by atoms with Crippen molar-refractivity contribution in [1.29, 1.82) is 0 Å². The second-order valence-corrected chi connectivity index (χ2v) is 1.85. The Hall–Kier alpha value is -0.660. The number of hydrazine groups is 1. The molecule has 0 saturated heterocycles. The molecule has 0 aliphatic carbocycles. The van der Waals surface area contributed by atoms with Gasteiger partial charge in [0.05, 0.1) is 6.04 Å². The van der Waals surface area contributed by atoms with Crippen LogP contribution in [-0.2, 0) is 0 Å². The lowest BCUT2D eigenvalue weighted by Crippen LogP contribution is -2.40. The molecule has 3 N–H and O–H groups in total. The number of hydrogen-bond donors (Lipinski definition) is 2. The topological polar surface area (TPSA) is 38.0 Å². The van der Waals surface area contributed by atoms with Gasteiger partial charge in [0.25, 0.3) is 6.43 Å². The quantitative estimate of drug-likeness (QED) is 0.346. The van der Waals surface area contributed by atoms with E-state index in [0.717, 1.165) is 0 Å². The van der Waals surface area contributed by atoms with Crippen molar-refractivity contribution in [3.63, 3.8) is 0 Å². The SMILES string of the molecule is C#CCCC(NN)C(F)F. The highest BCUT2D eigenvalue weighted by atomic mass is 19.3. The molecule has 1 unspecified atom stereocenters. The van der Waals surface area contributed by atoms with Gasteiger partial charge in [0.2, 0.25) is 0 Å². The normalized spacial score (nSPS) is 13.1. The minimum atomic E-state index is -2.45. The van der Waals surface area contributed by atoms with Crippen LogP contribution in [0.3, 0.4) is 0 Å². The van der Waals surface area contributed by atoms with Crippen LogP contribution in [0.15, 0.2) is 0 Å². The van der Waals surface area contributed by atoms with Crippen LogP contribution >= 0.6 is 0 Å². The molecule has 0 aromatic heterocycles. The molecule has 0 spiro atoms. The van der Waals surface area contributed by atoms with Gasteiger partial charge in [0, 0.05) is 6.42 Å². The second kappa shape index (κ2) is 5.15. The third-order valence-electron chi connectivity index (χ3n) is 1.12. The summed E-state index contributed by atoms with van der Waals surface area (Å²) >= 11 is 0. The van der Waals surface area contributed by atoms with E-state index in [2.05, 4.69) is 5.92 Å². The number of nitrogens with one attached hydrogen (secondary N) is 1. The van der Waals surface area contributed by atoms with E-state index in [1.807, 2.05) is 5.43 Å². The van der Waals surface area contributed by atoms with Crippen molar-refractivity contribution >= 4 is 0 Å². The lowest BCUT2D eigenvalue weighted by atomic mass is 10.2. The molecule has 58 valence electrons. The van der Waals surface area contributed by atoms with Gasteiger partial charge in [0.1, 0.15) is 0 Å². The van der Waals surface area contributed by atoms with Gasteiger partial charge >= 0.3 is 0 Å². The average molecular weight is 148 g/mol. The van der Waals surface area contributed by atoms with Gasteiger partial charge in [-0.05, 0) is 6.42 Å². The molecule has 10 heavy (non-hydrogen) atoms. The standard InChI is InChI=1S/C6H10F2N2/c1-2-3-4-5(10-9)6(7)8/h1,5-6,10H,3-4,9H2. The van der Waals surface area contributed by atoms with Gasteiger partial charge in [-0.1, -0.05) is 0 Å². The Morgan fingerprint density at radius 1 is 1.60 bits per heavy atom. The van der Waals surface area contributed by atoms with E-state index in [1.165, 1.54) is 0 Å². The minimum Gasteiger partial charge on any atom is -0.271 e. The number of alkyl halides is 2. The molecule has 0 aliphatic heterocycles. The summed E-state index contributed by atoms with van der Waals surface area (Å²) in [4.78, 5) is 0. The zero-order valence-corrected chi connectivity index (χ0v) is 5.48. The molecule has 0 aromatic rings. The molecule has 0 rings (SSSR count). The molecule has 0 amide bonds. The van der Waals surface area contributed by atoms with Crippen molar-refractivity contribution in [1.82, 2.24) is 5.43 Å². The van der Waals surface area contributed by atoms with E-state index in [-0.39, 0.29) is 6.42 Å². The van der Waals surface area contributed by atoms with Gasteiger partial charge in [-0.2, -0.15) is 0 Å². The van der Waals surface area contributed by atoms with Crippen LogP contribution in [0, 0.1) is 12.3 Å². The van der Waals surface area contributed by atoms with Crippen LogP contribution in [0.5, 0.6) is 0 Å². The van der Waals surface area contributed by atoms with Crippen LogP contribution in [-0.4, -0.2) is 12.5 Å². The number of nitrogens with two attached hydrogens (primary N) is 1. The Bertz CT molecular complexity index is 119. The van der Waals surface area contributed by atoms with E-state index < -0.39 is 12.5 Å². The van der Waals surface area contributed by atoms with Crippen molar-refractivity contribution in [2.45, 2.75) is 25.3 Å². The lowest BCUT2D eigenvalue weighted by molar-refractivity contribution is 0.0950. The van der Waals surface area contributed by atoms with Gasteiger partial charge in [0.15, 0.2) is 0 Å². The smallest absolute Gasteiger partial charge is 0.255 e. The Kier molecular flexibility index (Phi) is 4.81. The van der Waals surface area contributed by atoms with Crippen LogP contribution in [0.2, 0.25) is 0 Å². The molecule has 0 bridgehead atoms. The van der Waals surface area contributed by atoms with E-state index in [0.29, 0.717) is 6.42 Å². The Morgan fingerprint density at radius 3 is 2.50 bits per heavy atom. The molecule has 0 aliphatic rings. The number of halogens is 2. The van der Waals surface area contributed by atoms with Crippen LogP contribution in [0.25, 0.3) is 0 Å². The van der Waals surface area contributed by atoms with E-state index in [4.69, 9.17) is 12.3 Å². The predicted octanol–water partition coefficient (Wildman–Crippen LogP) is 0.497. The molecule has 0 saturated carbocycles. The highest BCUT2D eigenvalue weighted by molar-refractivity contribution is 4.85. The Balaban J connectivity index is 3.52. The molecule has 0 heterocycles. The number of hydrogen-bond acceptors (Lipinski definition) is 2. The fraction of sp³-hybridized carbons (Fsp3) is 0.667. The molecular weight excluding hydrogens is 138 g/mol. The van der Waals surface area contributed by atoms with Gasteiger partial charge in [-0.25, -0.2) is 8.78 Å². The molecular formula is C6H10F2N2. The van der Waals surface area contributed by atoms with Crippen LogP contribution < -0.4 is 11.3 Å². The maximum Gasteiger partial charge on any atom is 0.255 e. The summed E-state index contributed by atoms with van der Waals surface area (Å²) in [7, 11) is 0. The maximum atomic E-state index is 11.8. The highest BCUT2D eigenvalue weighted by Gasteiger charge is 2.16. The monoisotopic (exact) mass is 148 g/mol. The predicted molar refractivity (Wildman–Crippen MR) is 35.2 cm³/mol. The Labute approximate surface area is 58.8 Å². The first-order valence-electron chi connectivity index (χ1n) is 2.90. The zero-order chi connectivity index (χ0) is 7.98. The second-order valence-electron chi connectivity index (χ2n) is 1.85. The summed E-state index contributed by atoms with van der Waals surface area (Å²) in [5, 5.41) is 0. The lowest BCUT2D eigenvalue weighted by Gasteiger charge is -2.11. The third-order valence-corrected chi connectivity index (χ3v) is 1.12. The van der Waals surface area contributed by atoms with Gasteiger partial charge in [-0.15, -0.1) is 12.3 Å². The van der Waals surface area contributed by atoms with Crippen molar-refractivity contribution < 1.29 is 8.78 Å². The number of terminal acetylenes is 1. The summed E-state index contributed by atoms with van der Waals surface area (Å²) < 4.78 is 23.6. The first kappa shape index (κ1) is 9.34. The van der Waals surface area contributed by atoms with Crippen molar-refractivity contribution in [2.24, 2.45) is 5.84 Å². The van der Waals surface area contributed by atoms with Crippen molar-refractivity contribution in [3.05, 3.63) is 0 Å². The van der Waals surface area contributed by atoms with Crippen molar-refractivity contribution in [2.75, 3.05) is 0 Å². The number of rotatable bonds is 4. The molecule has 4 heteroatoms. The fourth-order valence-corrected chi connectivity index (χ4v) is 0.521. The third kappa shape index (κ3) is 3.38. The average Bonchev–Trinajstić information content (AvgIpc) is 1.89. The van der Waals surface area contributed by atoms with E-state index in [9.17, 15) is 8.78 Å². The summed E-state index contributed by atoms with van der Waals surface area (Å²) in [6, 6.07) is -0.976. The largest absolute Gasteiger partial charge is 0.271 e. The first-order valence-corrected chi connectivity index (χ1v) is 2.90. The van der Waals surface area contributed by atoms with E-state index >= 15 is 0 Å². The molecule has 0 radical (unpaired) electrons. The molecule has 2 nitrogen and oxygen atoms in total. The summed E-state index contributed by atoms with van der Waals surface area (Å²) in [5.74, 6) is 7.07. The van der Waals surface area contributed by atoms with Crippen LogP contribution in [0.4, 0.5) is 8.78 Å². The van der Waals surface area contributed by atoms with Gasteiger partial charge in [-0.3, -0.25) is 11.3 Å². The minimum absolute atomic E-state index is 0.213. The maximum absolute atomic E-state index is 11.8. The van der Waals surface area contributed by atoms with E-state index in [1.54, 1.807) is 0 Å². The Morgan fingerprint density at radius 2 is 2.20 bits per heavy atom. The van der Waals surface area contributed by atoms with Crippen molar-refractivity contribution in [3.8, 4) is 12.3 Å². The zero-order valence-electron chi connectivity index (χ0n) is 5.48. The van der Waals surface area contributed by atoms with Gasteiger partial charge < -0.3 is 0 Å². The molecule has 0 fully saturated rings.